The Labute approximate surface area is 98.8 Å². The summed E-state index contributed by atoms with van der Waals surface area (Å²) in [6.07, 6.45) is 1.97. The topological polar surface area (TPSA) is 61.0 Å². The zero-order valence-electron chi connectivity index (χ0n) is 9.75. The van der Waals surface area contributed by atoms with Gasteiger partial charge in [0, 0.05) is 18.3 Å². The fourth-order valence-corrected chi connectivity index (χ4v) is 1.61. The van der Waals surface area contributed by atoms with E-state index in [4.69, 9.17) is 0 Å². The van der Waals surface area contributed by atoms with Crippen LogP contribution in [-0.2, 0) is 6.54 Å². The van der Waals surface area contributed by atoms with E-state index >= 15 is 0 Å². The molecule has 2 aromatic rings. The Morgan fingerprint density at radius 1 is 1.29 bits per heavy atom. The summed E-state index contributed by atoms with van der Waals surface area (Å²) in [6.45, 7) is 4.60. The van der Waals surface area contributed by atoms with E-state index in [0.29, 0.717) is 6.54 Å². The van der Waals surface area contributed by atoms with Gasteiger partial charge in [-0.15, -0.1) is 0 Å². The summed E-state index contributed by atoms with van der Waals surface area (Å²) in [6, 6.07) is 6.53. The van der Waals surface area contributed by atoms with Crippen molar-refractivity contribution >= 4 is 5.69 Å². The van der Waals surface area contributed by atoms with Crippen LogP contribution in [0.15, 0.2) is 30.5 Å². The normalized spacial score (nSPS) is 10.5. The van der Waals surface area contributed by atoms with Crippen molar-refractivity contribution in [2.45, 2.75) is 20.4 Å². The molecule has 5 heteroatoms. The molecule has 0 unspecified atom stereocenters. The third kappa shape index (κ3) is 2.50. The van der Waals surface area contributed by atoms with Crippen LogP contribution in [0.2, 0.25) is 0 Å². The van der Waals surface area contributed by atoms with Gasteiger partial charge >= 0.3 is 0 Å². The van der Waals surface area contributed by atoms with E-state index in [0.717, 1.165) is 16.8 Å². The molecule has 0 atom stereocenters. The van der Waals surface area contributed by atoms with E-state index in [1.54, 1.807) is 12.1 Å². The number of nitrogens with zero attached hydrogens (tertiary/aromatic N) is 3. The minimum absolute atomic E-state index is 0.113. The van der Waals surface area contributed by atoms with Crippen LogP contribution in [0.3, 0.4) is 0 Å². The van der Waals surface area contributed by atoms with Crippen molar-refractivity contribution < 1.29 is 4.92 Å². The lowest BCUT2D eigenvalue weighted by atomic mass is 10.2. The highest BCUT2D eigenvalue weighted by molar-refractivity contribution is 5.33. The molecule has 5 nitrogen and oxygen atoms in total. The molecular formula is C12H13N3O2. The second kappa shape index (κ2) is 4.37. The molecule has 0 saturated carbocycles. The average Bonchev–Trinajstić information content (AvgIpc) is 2.58. The molecule has 0 aliphatic carbocycles. The van der Waals surface area contributed by atoms with Crippen molar-refractivity contribution in [3.8, 4) is 0 Å². The zero-order chi connectivity index (χ0) is 12.4. The van der Waals surface area contributed by atoms with Gasteiger partial charge in [0.15, 0.2) is 0 Å². The van der Waals surface area contributed by atoms with Gasteiger partial charge in [-0.2, -0.15) is 5.10 Å². The molecule has 2 rings (SSSR count). The van der Waals surface area contributed by atoms with Crippen LogP contribution < -0.4 is 0 Å². The first-order valence-electron chi connectivity index (χ1n) is 5.30. The van der Waals surface area contributed by atoms with Crippen molar-refractivity contribution in [3.05, 3.63) is 57.4 Å². The van der Waals surface area contributed by atoms with Crippen molar-refractivity contribution in [2.75, 3.05) is 0 Å². The highest BCUT2D eigenvalue weighted by Crippen LogP contribution is 2.13. The molecule has 0 spiro atoms. The van der Waals surface area contributed by atoms with Gasteiger partial charge in [-0.05, 0) is 25.0 Å². The summed E-state index contributed by atoms with van der Waals surface area (Å²) in [5.74, 6) is 0. The molecule has 0 aliphatic heterocycles. The fraction of sp³-hybridized carbons (Fsp3) is 0.250. The molecule has 0 saturated heterocycles. The smallest absolute Gasteiger partial charge is 0.268 e. The third-order valence-corrected chi connectivity index (χ3v) is 2.68. The van der Waals surface area contributed by atoms with E-state index in [2.05, 4.69) is 5.10 Å². The monoisotopic (exact) mass is 231 g/mol. The molecule has 1 aromatic heterocycles. The molecule has 17 heavy (non-hydrogen) atoms. The van der Waals surface area contributed by atoms with Crippen LogP contribution >= 0.6 is 0 Å². The van der Waals surface area contributed by atoms with E-state index in [1.165, 1.54) is 12.1 Å². The quantitative estimate of drug-likeness (QED) is 0.602. The number of aryl methyl sites for hydroxylation is 2. The minimum Gasteiger partial charge on any atom is -0.268 e. The highest BCUT2D eigenvalue weighted by atomic mass is 16.6. The number of benzene rings is 1. The molecule has 0 amide bonds. The van der Waals surface area contributed by atoms with Gasteiger partial charge in [-0.1, -0.05) is 12.1 Å². The maximum absolute atomic E-state index is 10.5. The third-order valence-electron chi connectivity index (χ3n) is 2.68. The van der Waals surface area contributed by atoms with Crippen LogP contribution in [0.25, 0.3) is 0 Å². The Morgan fingerprint density at radius 2 is 1.94 bits per heavy atom. The maximum atomic E-state index is 10.5. The lowest BCUT2D eigenvalue weighted by Crippen LogP contribution is -2.00. The van der Waals surface area contributed by atoms with Gasteiger partial charge in [-0.3, -0.25) is 14.8 Å². The van der Waals surface area contributed by atoms with Gasteiger partial charge in [0.2, 0.25) is 0 Å². The molecule has 1 heterocycles. The van der Waals surface area contributed by atoms with Gasteiger partial charge in [0.1, 0.15) is 0 Å². The Balaban J connectivity index is 2.16. The first-order chi connectivity index (χ1) is 8.06. The molecule has 0 radical (unpaired) electrons. The number of hydrogen-bond acceptors (Lipinski definition) is 3. The van der Waals surface area contributed by atoms with Crippen LogP contribution in [0.4, 0.5) is 5.69 Å². The summed E-state index contributed by atoms with van der Waals surface area (Å²) >= 11 is 0. The Hall–Kier alpha value is -2.17. The molecule has 0 bridgehead atoms. The Bertz CT molecular complexity index is 524. The lowest BCUT2D eigenvalue weighted by molar-refractivity contribution is -0.384. The first-order valence-corrected chi connectivity index (χ1v) is 5.30. The van der Waals surface area contributed by atoms with Gasteiger partial charge in [-0.25, -0.2) is 0 Å². The maximum Gasteiger partial charge on any atom is 0.269 e. The zero-order valence-corrected chi connectivity index (χ0v) is 9.75. The van der Waals surface area contributed by atoms with Gasteiger partial charge < -0.3 is 0 Å². The van der Waals surface area contributed by atoms with E-state index in [9.17, 15) is 10.1 Å². The molecule has 1 aromatic carbocycles. The summed E-state index contributed by atoms with van der Waals surface area (Å²) in [7, 11) is 0. The predicted octanol–water partition coefficient (Wildman–Crippen LogP) is 2.46. The summed E-state index contributed by atoms with van der Waals surface area (Å²) in [4.78, 5) is 10.1. The molecule has 0 fully saturated rings. The Morgan fingerprint density at radius 3 is 2.41 bits per heavy atom. The predicted molar refractivity (Wildman–Crippen MR) is 63.9 cm³/mol. The van der Waals surface area contributed by atoms with E-state index < -0.39 is 4.92 Å². The number of aromatic nitrogens is 2. The van der Waals surface area contributed by atoms with Crippen molar-refractivity contribution in [1.29, 1.82) is 0 Å². The second-order valence-corrected chi connectivity index (χ2v) is 4.02. The van der Waals surface area contributed by atoms with Gasteiger partial charge in [0.05, 0.1) is 17.2 Å². The second-order valence-electron chi connectivity index (χ2n) is 4.02. The summed E-state index contributed by atoms with van der Waals surface area (Å²) in [5.41, 5.74) is 3.26. The van der Waals surface area contributed by atoms with Crippen molar-refractivity contribution in [2.24, 2.45) is 0 Å². The largest absolute Gasteiger partial charge is 0.269 e. The van der Waals surface area contributed by atoms with Crippen LogP contribution in [0.1, 0.15) is 16.8 Å². The van der Waals surface area contributed by atoms with Crippen LogP contribution in [-0.4, -0.2) is 14.7 Å². The van der Waals surface area contributed by atoms with Crippen LogP contribution in [0.5, 0.6) is 0 Å². The van der Waals surface area contributed by atoms with Crippen molar-refractivity contribution in [3.63, 3.8) is 0 Å². The van der Waals surface area contributed by atoms with Gasteiger partial charge in [0.25, 0.3) is 5.69 Å². The average molecular weight is 231 g/mol. The molecular weight excluding hydrogens is 218 g/mol. The van der Waals surface area contributed by atoms with E-state index in [1.807, 2.05) is 24.7 Å². The molecule has 88 valence electrons. The SMILES string of the molecule is Cc1cn(Cc2ccc([N+](=O)[O-])cc2)nc1C. The number of nitro groups is 1. The lowest BCUT2D eigenvalue weighted by Gasteiger charge is -2.01. The first kappa shape index (κ1) is 11.3. The summed E-state index contributed by atoms with van der Waals surface area (Å²) in [5, 5.41) is 14.9. The number of hydrogen-bond donors (Lipinski definition) is 0. The van der Waals surface area contributed by atoms with Crippen molar-refractivity contribution in [1.82, 2.24) is 9.78 Å². The minimum atomic E-state index is -0.397. The molecule has 0 aliphatic rings. The number of nitro benzene ring substituents is 1. The standard InChI is InChI=1S/C12H13N3O2/c1-9-7-14(13-10(9)2)8-11-3-5-12(6-4-11)15(16)17/h3-7H,8H2,1-2H3. The number of rotatable bonds is 3. The Kier molecular flexibility index (Phi) is 2.91. The fourth-order valence-electron chi connectivity index (χ4n) is 1.61. The number of non-ortho nitro benzene ring substituents is 1. The molecule has 0 N–H and O–H groups in total. The van der Waals surface area contributed by atoms with Crippen LogP contribution in [0, 0.1) is 24.0 Å². The van der Waals surface area contributed by atoms with E-state index in [-0.39, 0.29) is 5.69 Å². The summed E-state index contributed by atoms with van der Waals surface area (Å²) < 4.78 is 1.84. The highest BCUT2D eigenvalue weighted by Gasteiger charge is 2.05.